The molecule has 1 aromatic heterocycles. The van der Waals surface area contributed by atoms with Gasteiger partial charge in [-0.25, -0.2) is 9.78 Å². The number of hydrazone groups is 1. The quantitative estimate of drug-likeness (QED) is 0.114. The number of thiazole rings is 1. The average Bonchev–Trinajstić information content (AvgIpc) is 3.30. The van der Waals surface area contributed by atoms with Gasteiger partial charge in [0.2, 0.25) is 5.13 Å². The Bertz CT molecular complexity index is 1320. The highest BCUT2D eigenvalue weighted by atomic mass is 35.5. The largest absolute Gasteiger partial charge is 0.423 e. The van der Waals surface area contributed by atoms with Gasteiger partial charge in [0.15, 0.2) is 0 Å². The lowest BCUT2D eigenvalue weighted by atomic mass is 10.1. The van der Waals surface area contributed by atoms with E-state index < -0.39 is 10.9 Å². The summed E-state index contributed by atoms with van der Waals surface area (Å²) in [5.74, 6) is -0.0698. The number of ether oxygens (including phenoxy) is 1. The van der Waals surface area contributed by atoms with Crippen LogP contribution in [0.3, 0.4) is 0 Å². The minimum Gasteiger partial charge on any atom is -0.423 e. The lowest BCUT2D eigenvalue weighted by molar-refractivity contribution is -0.384. The Balaban J connectivity index is 1.34. The van der Waals surface area contributed by atoms with Crippen molar-refractivity contribution < 1.29 is 14.5 Å². The molecule has 10 heteroatoms. The zero-order chi connectivity index (χ0) is 23.2. The molecule has 1 heterocycles. The SMILES string of the molecule is O=C(Oc1ccc(/C=N\Nc2nc(-c3cccc([N+](=O)[O-])c3)cs2)cc1)c1ccc(Cl)cc1. The van der Waals surface area contributed by atoms with Crippen LogP contribution in [0.2, 0.25) is 5.02 Å². The number of carbonyl (C=O) groups excluding carboxylic acids is 1. The first-order valence-electron chi connectivity index (χ1n) is 9.55. The number of halogens is 1. The predicted molar refractivity (Wildman–Crippen MR) is 128 cm³/mol. The third-order valence-electron chi connectivity index (χ3n) is 4.40. The molecule has 0 saturated carbocycles. The van der Waals surface area contributed by atoms with Crippen molar-refractivity contribution in [2.45, 2.75) is 0 Å². The summed E-state index contributed by atoms with van der Waals surface area (Å²) in [6.45, 7) is 0. The number of aromatic nitrogens is 1. The number of carbonyl (C=O) groups is 1. The molecule has 0 radical (unpaired) electrons. The zero-order valence-corrected chi connectivity index (χ0v) is 18.4. The summed E-state index contributed by atoms with van der Waals surface area (Å²) < 4.78 is 5.34. The lowest BCUT2D eigenvalue weighted by Gasteiger charge is -2.04. The first-order valence-corrected chi connectivity index (χ1v) is 10.8. The molecule has 0 amide bonds. The number of nitro benzene ring substituents is 1. The van der Waals surface area contributed by atoms with Crippen molar-refractivity contribution in [3.05, 3.63) is 104 Å². The van der Waals surface area contributed by atoms with Gasteiger partial charge in [0.25, 0.3) is 5.69 Å². The number of esters is 1. The molecule has 8 nitrogen and oxygen atoms in total. The highest BCUT2D eigenvalue weighted by Gasteiger charge is 2.10. The number of anilines is 1. The number of nitrogens with zero attached hydrogens (tertiary/aromatic N) is 3. The van der Waals surface area contributed by atoms with Gasteiger partial charge in [0, 0.05) is 28.1 Å². The van der Waals surface area contributed by atoms with Crippen LogP contribution in [0.25, 0.3) is 11.3 Å². The number of hydrogen-bond acceptors (Lipinski definition) is 8. The molecular weight excluding hydrogens is 464 g/mol. The van der Waals surface area contributed by atoms with Gasteiger partial charge in [-0.2, -0.15) is 5.10 Å². The summed E-state index contributed by atoms with van der Waals surface area (Å²) >= 11 is 7.15. The lowest BCUT2D eigenvalue weighted by Crippen LogP contribution is -2.08. The summed E-state index contributed by atoms with van der Waals surface area (Å²) in [4.78, 5) is 27.1. The number of nitrogens with one attached hydrogen (secondary N) is 1. The summed E-state index contributed by atoms with van der Waals surface area (Å²) in [5.41, 5.74) is 5.31. The van der Waals surface area contributed by atoms with E-state index in [0.717, 1.165) is 5.56 Å². The van der Waals surface area contributed by atoms with Crippen LogP contribution < -0.4 is 10.2 Å². The van der Waals surface area contributed by atoms with E-state index in [4.69, 9.17) is 16.3 Å². The molecule has 0 unspecified atom stereocenters. The zero-order valence-electron chi connectivity index (χ0n) is 16.8. The van der Waals surface area contributed by atoms with E-state index >= 15 is 0 Å². The highest BCUT2D eigenvalue weighted by Crippen LogP contribution is 2.27. The average molecular weight is 479 g/mol. The minimum atomic E-state index is -0.474. The molecular formula is C23H15ClN4O4S. The van der Waals surface area contributed by atoms with Crippen molar-refractivity contribution in [2.24, 2.45) is 5.10 Å². The van der Waals surface area contributed by atoms with Gasteiger partial charge >= 0.3 is 5.97 Å². The van der Waals surface area contributed by atoms with Crippen LogP contribution >= 0.6 is 22.9 Å². The van der Waals surface area contributed by atoms with Crippen LogP contribution in [0.1, 0.15) is 15.9 Å². The van der Waals surface area contributed by atoms with Gasteiger partial charge in [0.05, 0.1) is 22.4 Å². The second-order valence-corrected chi connectivity index (χ2v) is 7.98. The van der Waals surface area contributed by atoms with Crippen molar-refractivity contribution >= 4 is 45.9 Å². The van der Waals surface area contributed by atoms with Crippen LogP contribution in [-0.2, 0) is 0 Å². The van der Waals surface area contributed by atoms with E-state index in [2.05, 4.69) is 15.5 Å². The maximum atomic E-state index is 12.2. The van der Waals surface area contributed by atoms with E-state index in [-0.39, 0.29) is 5.69 Å². The van der Waals surface area contributed by atoms with Crippen molar-refractivity contribution in [1.82, 2.24) is 4.98 Å². The fourth-order valence-electron chi connectivity index (χ4n) is 2.77. The summed E-state index contributed by atoms with van der Waals surface area (Å²) in [6, 6.07) is 19.6. The molecule has 4 rings (SSSR count). The van der Waals surface area contributed by atoms with E-state index in [1.807, 2.05) is 0 Å². The second-order valence-electron chi connectivity index (χ2n) is 6.68. The van der Waals surface area contributed by atoms with E-state index in [0.29, 0.717) is 32.7 Å². The summed E-state index contributed by atoms with van der Waals surface area (Å²) in [5, 5.41) is 18.0. The molecule has 33 heavy (non-hydrogen) atoms. The molecule has 0 spiro atoms. The number of rotatable bonds is 7. The van der Waals surface area contributed by atoms with Gasteiger partial charge in [-0.1, -0.05) is 23.7 Å². The van der Waals surface area contributed by atoms with E-state index in [9.17, 15) is 14.9 Å². The fraction of sp³-hybridized carbons (Fsp3) is 0. The van der Waals surface area contributed by atoms with Crippen molar-refractivity contribution in [3.63, 3.8) is 0 Å². The molecule has 0 aliphatic heterocycles. The fourth-order valence-corrected chi connectivity index (χ4v) is 3.57. The molecule has 0 bridgehead atoms. The van der Waals surface area contributed by atoms with Gasteiger partial charge in [-0.3, -0.25) is 15.5 Å². The van der Waals surface area contributed by atoms with Gasteiger partial charge in [0.1, 0.15) is 5.75 Å². The molecule has 164 valence electrons. The van der Waals surface area contributed by atoms with Crippen molar-refractivity contribution in [2.75, 3.05) is 5.43 Å². The summed E-state index contributed by atoms with van der Waals surface area (Å²) in [7, 11) is 0. The van der Waals surface area contributed by atoms with Crippen LogP contribution in [0, 0.1) is 10.1 Å². The molecule has 4 aromatic rings. The van der Waals surface area contributed by atoms with E-state index in [1.165, 1.54) is 23.5 Å². The third kappa shape index (κ3) is 5.79. The molecule has 0 fully saturated rings. The Morgan fingerprint density at radius 1 is 1.12 bits per heavy atom. The van der Waals surface area contributed by atoms with Gasteiger partial charge in [-0.05, 0) is 54.1 Å². The van der Waals surface area contributed by atoms with Crippen LogP contribution in [0.15, 0.2) is 83.3 Å². The highest BCUT2D eigenvalue weighted by molar-refractivity contribution is 7.14. The standard InChI is InChI=1S/C23H15ClN4O4S/c24-18-8-6-16(7-9-18)22(29)32-20-10-4-15(5-11-20)13-25-27-23-26-21(14-33-23)17-2-1-3-19(12-17)28(30)31/h1-14H,(H,26,27)/b25-13-. The van der Waals surface area contributed by atoms with Crippen LogP contribution in [0.5, 0.6) is 5.75 Å². The number of non-ortho nitro benzene ring substituents is 1. The first kappa shape index (κ1) is 22.1. The van der Waals surface area contributed by atoms with Crippen LogP contribution in [0.4, 0.5) is 10.8 Å². The Kier molecular flexibility index (Phi) is 6.72. The van der Waals surface area contributed by atoms with Crippen molar-refractivity contribution in [1.29, 1.82) is 0 Å². The summed E-state index contributed by atoms with van der Waals surface area (Å²) in [6.07, 6.45) is 1.60. The Labute approximate surface area is 197 Å². The normalized spacial score (nSPS) is 10.8. The molecule has 1 N–H and O–H groups in total. The first-order chi connectivity index (χ1) is 16.0. The number of hydrogen-bond donors (Lipinski definition) is 1. The number of nitro groups is 1. The monoisotopic (exact) mass is 478 g/mol. The predicted octanol–water partition coefficient (Wildman–Crippen LogP) is 6.04. The molecule has 0 saturated heterocycles. The Morgan fingerprint density at radius 3 is 2.61 bits per heavy atom. The number of benzene rings is 3. The molecule has 0 aliphatic carbocycles. The van der Waals surface area contributed by atoms with Crippen LogP contribution in [-0.4, -0.2) is 22.1 Å². The molecule has 3 aromatic carbocycles. The Hall–Kier alpha value is -4.08. The smallest absolute Gasteiger partial charge is 0.343 e. The third-order valence-corrected chi connectivity index (χ3v) is 5.40. The van der Waals surface area contributed by atoms with Gasteiger partial charge < -0.3 is 4.74 Å². The van der Waals surface area contributed by atoms with Gasteiger partial charge in [-0.15, -0.1) is 11.3 Å². The molecule has 0 aliphatic rings. The minimum absolute atomic E-state index is 0.00956. The van der Waals surface area contributed by atoms with E-state index in [1.54, 1.807) is 72.3 Å². The second kappa shape index (κ2) is 10.0. The van der Waals surface area contributed by atoms with Crippen molar-refractivity contribution in [3.8, 4) is 17.0 Å². The maximum absolute atomic E-state index is 12.2. The topological polar surface area (TPSA) is 107 Å². The Morgan fingerprint density at radius 2 is 1.88 bits per heavy atom. The maximum Gasteiger partial charge on any atom is 0.343 e. The molecule has 0 atom stereocenters.